The van der Waals surface area contributed by atoms with Crippen LogP contribution in [0.3, 0.4) is 0 Å². The number of nitrogens with zero attached hydrogens (tertiary/aromatic N) is 2. The van der Waals surface area contributed by atoms with Gasteiger partial charge < -0.3 is 15.7 Å². The van der Waals surface area contributed by atoms with Gasteiger partial charge in [-0.1, -0.05) is 6.92 Å². The van der Waals surface area contributed by atoms with E-state index in [0.29, 0.717) is 12.4 Å². The van der Waals surface area contributed by atoms with E-state index in [4.69, 9.17) is 0 Å². The quantitative estimate of drug-likeness (QED) is 0.721. The van der Waals surface area contributed by atoms with Gasteiger partial charge in [0.1, 0.15) is 5.82 Å². The normalized spacial score (nSPS) is 14.1. The van der Waals surface area contributed by atoms with Crippen molar-refractivity contribution in [1.29, 1.82) is 0 Å². The third kappa shape index (κ3) is 5.18. The van der Waals surface area contributed by atoms with Crippen molar-refractivity contribution in [3.05, 3.63) is 10.7 Å². The summed E-state index contributed by atoms with van der Waals surface area (Å²) in [6, 6.07) is 0.148. The predicted molar refractivity (Wildman–Crippen MR) is 77.9 cm³/mol. The average Bonchev–Trinajstić information content (AvgIpc) is 2.29. The van der Waals surface area contributed by atoms with Gasteiger partial charge in [-0.2, -0.15) is 4.98 Å². The Balaban J connectivity index is 2.68. The summed E-state index contributed by atoms with van der Waals surface area (Å²) < 4.78 is 0.821. The molecule has 1 aromatic rings. The summed E-state index contributed by atoms with van der Waals surface area (Å²) in [4.78, 5) is 8.58. The van der Waals surface area contributed by atoms with Crippen LogP contribution in [0.5, 0.6) is 0 Å². The largest absolute Gasteiger partial charge is 0.393 e. The zero-order chi connectivity index (χ0) is 13.5. The topological polar surface area (TPSA) is 70.1 Å². The van der Waals surface area contributed by atoms with Crippen LogP contribution >= 0.6 is 15.9 Å². The number of nitrogens with one attached hydrogen (secondary N) is 2. The standard InChI is InChI=1S/C12H21BrN4O/c1-4-5-14-12-15-7-10(13)11(17-12)16-8(2)6-9(3)18/h7-9,18H,4-6H2,1-3H3,(H2,14,15,16,17). The van der Waals surface area contributed by atoms with Gasteiger partial charge in [-0.25, -0.2) is 4.98 Å². The number of hydrogen-bond donors (Lipinski definition) is 3. The molecule has 3 N–H and O–H groups in total. The summed E-state index contributed by atoms with van der Waals surface area (Å²) in [6.07, 6.45) is 3.10. The fourth-order valence-electron chi connectivity index (χ4n) is 1.59. The van der Waals surface area contributed by atoms with E-state index in [0.717, 1.165) is 23.3 Å². The molecule has 2 unspecified atom stereocenters. The minimum atomic E-state index is -0.328. The average molecular weight is 317 g/mol. The van der Waals surface area contributed by atoms with Crippen molar-refractivity contribution in [2.24, 2.45) is 0 Å². The first-order valence-electron chi connectivity index (χ1n) is 6.24. The molecule has 1 aromatic heterocycles. The molecule has 0 aliphatic carbocycles. The highest BCUT2D eigenvalue weighted by atomic mass is 79.9. The summed E-state index contributed by atoms with van der Waals surface area (Å²) >= 11 is 3.42. The van der Waals surface area contributed by atoms with Gasteiger partial charge in [0.2, 0.25) is 5.95 Å². The molecule has 1 heterocycles. The maximum Gasteiger partial charge on any atom is 0.224 e. The summed E-state index contributed by atoms with van der Waals surface area (Å²) in [6.45, 7) is 6.74. The number of anilines is 2. The molecular formula is C12H21BrN4O. The first-order chi connectivity index (χ1) is 8.52. The Morgan fingerprint density at radius 2 is 2.17 bits per heavy atom. The van der Waals surface area contributed by atoms with Crippen LogP contribution in [0, 0.1) is 0 Å². The van der Waals surface area contributed by atoms with Gasteiger partial charge in [-0.3, -0.25) is 0 Å². The summed E-state index contributed by atoms with van der Waals surface area (Å²) in [5, 5.41) is 15.7. The molecule has 6 heteroatoms. The van der Waals surface area contributed by atoms with Crippen LogP contribution in [0.4, 0.5) is 11.8 Å². The van der Waals surface area contributed by atoms with E-state index >= 15 is 0 Å². The van der Waals surface area contributed by atoms with Gasteiger partial charge in [0.05, 0.1) is 10.6 Å². The molecule has 0 bridgehead atoms. The van der Waals surface area contributed by atoms with E-state index in [1.807, 2.05) is 6.92 Å². The highest BCUT2D eigenvalue weighted by molar-refractivity contribution is 9.10. The number of halogens is 1. The second-order valence-electron chi connectivity index (χ2n) is 4.45. The zero-order valence-corrected chi connectivity index (χ0v) is 12.7. The number of aliphatic hydroxyl groups excluding tert-OH is 1. The summed E-state index contributed by atoms with van der Waals surface area (Å²) in [5.74, 6) is 1.36. The highest BCUT2D eigenvalue weighted by Gasteiger charge is 2.10. The van der Waals surface area contributed by atoms with Gasteiger partial charge in [-0.15, -0.1) is 0 Å². The molecule has 0 saturated heterocycles. The highest BCUT2D eigenvalue weighted by Crippen LogP contribution is 2.21. The molecule has 0 aromatic carbocycles. The van der Waals surface area contributed by atoms with E-state index < -0.39 is 0 Å². The lowest BCUT2D eigenvalue weighted by Gasteiger charge is -2.17. The van der Waals surface area contributed by atoms with E-state index in [1.54, 1.807) is 13.1 Å². The molecule has 102 valence electrons. The van der Waals surface area contributed by atoms with Crippen molar-refractivity contribution in [1.82, 2.24) is 9.97 Å². The fraction of sp³-hybridized carbons (Fsp3) is 0.667. The molecule has 0 spiro atoms. The lowest BCUT2D eigenvalue weighted by molar-refractivity contribution is 0.179. The Labute approximate surface area is 117 Å². The van der Waals surface area contributed by atoms with Crippen molar-refractivity contribution < 1.29 is 5.11 Å². The number of aliphatic hydroxyl groups is 1. The molecule has 0 aliphatic heterocycles. The van der Waals surface area contributed by atoms with Crippen molar-refractivity contribution in [2.45, 2.75) is 45.8 Å². The fourth-order valence-corrected chi connectivity index (χ4v) is 1.90. The van der Waals surface area contributed by atoms with Crippen LogP contribution in [0.1, 0.15) is 33.6 Å². The molecular weight excluding hydrogens is 296 g/mol. The molecule has 5 nitrogen and oxygen atoms in total. The van der Waals surface area contributed by atoms with E-state index in [1.165, 1.54) is 0 Å². The molecule has 0 radical (unpaired) electrons. The van der Waals surface area contributed by atoms with Crippen LogP contribution in [0.25, 0.3) is 0 Å². The SMILES string of the molecule is CCCNc1ncc(Br)c(NC(C)CC(C)O)n1. The van der Waals surface area contributed by atoms with Crippen molar-refractivity contribution in [3.63, 3.8) is 0 Å². The van der Waals surface area contributed by atoms with Gasteiger partial charge in [0, 0.05) is 18.8 Å². The van der Waals surface area contributed by atoms with Crippen LogP contribution in [0.15, 0.2) is 10.7 Å². The summed E-state index contributed by atoms with van der Waals surface area (Å²) in [7, 11) is 0. The number of hydrogen-bond acceptors (Lipinski definition) is 5. The molecule has 0 fully saturated rings. The van der Waals surface area contributed by atoms with Crippen LogP contribution in [0.2, 0.25) is 0 Å². The molecule has 0 aliphatic rings. The molecule has 0 amide bonds. The Morgan fingerprint density at radius 3 is 2.78 bits per heavy atom. The molecule has 1 rings (SSSR count). The minimum Gasteiger partial charge on any atom is -0.393 e. The van der Waals surface area contributed by atoms with E-state index in [-0.39, 0.29) is 12.1 Å². The Hall–Kier alpha value is -0.880. The predicted octanol–water partition coefficient (Wildman–Crippen LogP) is 2.63. The third-order valence-corrected chi connectivity index (χ3v) is 2.94. The second-order valence-corrected chi connectivity index (χ2v) is 5.30. The Morgan fingerprint density at radius 1 is 1.44 bits per heavy atom. The molecule has 18 heavy (non-hydrogen) atoms. The van der Waals surface area contributed by atoms with Gasteiger partial charge >= 0.3 is 0 Å². The van der Waals surface area contributed by atoms with Gasteiger partial charge in [0.15, 0.2) is 0 Å². The lowest BCUT2D eigenvalue weighted by Crippen LogP contribution is -2.22. The van der Waals surface area contributed by atoms with Crippen molar-refractivity contribution in [2.75, 3.05) is 17.2 Å². The first kappa shape index (κ1) is 15.2. The van der Waals surface area contributed by atoms with Crippen LogP contribution < -0.4 is 10.6 Å². The van der Waals surface area contributed by atoms with Gasteiger partial charge in [0.25, 0.3) is 0 Å². The maximum absolute atomic E-state index is 9.34. The Kier molecular flexibility index (Phi) is 6.35. The maximum atomic E-state index is 9.34. The van der Waals surface area contributed by atoms with Crippen LogP contribution in [-0.4, -0.2) is 33.8 Å². The van der Waals surface area contributed by atoms with Crippen molar-refractivity contribution in [3.8, 4) is 0 Å². The molecule has 2 atom stereocenters. The third-order valence-electron chi connectivity index (χ3n) is 2.36. The van der Waals surface area contributed by atoms with E-state index in [2.05, 4.69) is 43.5 Å². The minimum absolute atomic E-state index is 0.148. The second kappa shape index (κ2) is 7.53. The smallest absolute Gasteiger partial charge is 0.224 e. The van der Waals surface area contributed by atoms with Gasteiger partial charge in [-0.05, 0) is 42.6 Å². The summed E-state index contributed by atoms with van der Waals surface area (Å²) in [5.41, 5.74) is 0. The first-order valence-corrected chi connectivity index (χ1v) is 7.03. The van der Waals surface area contributed by atoms with Crippen LogP contribution in [-0.2, 0) is 0 Å². The monoisotopic (exact) mass is 316 g/mol. The van der Waals surface area contributed by atoms with E-state index in [9.17, 15) is 5.11 Å². The lowest BCUT2D eigenvalue weighted by atomic mass is 10.1. The number of rotatable bonds is 7. The molecule has 0 saturated carbocycles. The number of aromatic nitrogens is 2. The van der Waals surface area contributed by atoms with Crippen molar-refractivity contribution >= 4 is 27.7 Å². The zero-order valence-electron chi connectivity index (χ0n) is 11.1. The Bertz CT molecular complexity index is 373.